The molecule has 0 bridgehead atoms. The fraction of sp³-hybridized carbons (Fsp3) is 0.667. The maximum atomic E-state index is 11.6. The van der Waals surface area contributed by atoms with E-state index >= 15 is 0 Å². The van der Waals surface area contributed by atoms with Crippen molar-refractivity contribution in [2.24, 2.45) is 12.5 Å². The van der Waals surface area contributed by atoms with Gasteiger partial charge in [0.15, 0.2) is 0 Å². The van der Waals surface area contributed by atoms with Gasteiger partial charge in [-0.15, -0.1) is 0 Å². The fourth-order valence-electron chi connectivity index (χ4n) is 1.61. The van der Waals surface area contributed by atoms with Gasteiger partial charge in [-0.3, -0.25) is 9.48 Å². The second kappa shape index (κ2) is 5.31. The first-order valence-corrected chi connectivity index (χ1v) is 5.81. The Bertz CT molecular complexity index is 384. The van der Waals surface area contributed by atoms with Crippen molar-refractivity contribution in [3.05, 3.63) is 18.0 Å². The number of amides is 1. The number of carbonyl (C=O) groups is 1. The van der Waals surface area contributed by atoms with Gasteiger partial charge in [0.25, 0.3) is 0 Å². The van der Waals surface area contributed by atoms with Gasteiger partial charge in [0.05, 0.1) is 11.6 Å². The van der Waals surface area contributed by atoms with Crippen LogP contribution in [0, 0.1) is 5.41 Å². The van der Waals surface area contributed by atoms with Crippen molar-refractivity contribution < 1.29 is 4.79 Å². The summed E-state index contributed by atoms with van der Waals surface area (Å²) in [6.07, 6.45) is 3.81. The Labute approximate surface area is 103 Å². The smallest absolute Gasteiger partial charge is 0.226 e. The number of aryl methyl sites for hydroxylation is 1. The Balaban J connectivity index is 2.53. The summed E-state index contributed by atoms with van der Waals surface area (Å²) in [5, 5.41) is 10.2. The van der Waals surface area contributed by atoms with Gasteiger partial charge in [-0.05, 0) is 20.8 Å². The van der Waals surface area contributed by atoms with Crippen LogP contribution in [0.5, 0.6) is 0 Å². The monoisotopic (exact) mass is 238 g/mol. The van der Waals surface area contributed by atoms with Crippen LogP contribution < -0.4 is 10.6 Å². The number of hydrogen-bond acceptors (Lipinski definition) is 3. The van der Waals surface area contributed by atoms with E-state index < -0.39 is 5.41 Å². The van der Waals surface area contributed by atoms with Gasteiger partial charge in [-0.2, -0.15) is 5.10 Å². The van der Waals surface area contributed by atoms with E-state index in [0.717, 1.165) is 5.56 Å². The number of carbonyl (C=O) groups excluding carboxylic acids is 1. The van der Waals surface area contributed by atoms with Crippen LogP contribution in [0.1, 0.15) is 32.4 Å². The fourth-order valence-corrected chi connectivity index (χ4v) is 1.61. The Morgan fingerprint density at radius 1 is 1.59 bits per heavy atom. The van der Waals surface area contributed by atoms with Crippen molar-refractivity contribution in [1.82, 2.24) is 20.4 Å². The average Bonchev–Trinajstić information content (AvgIpc) is 2.71. The van der Waals surface area contributed by atoms with Crippen LogP contribution in [0.3, 0.4) is 0 Å². The molecule has 0 fully saturated rings. The lowest BCUT2D eigenvalue weighted by Crippen LogP contribution is -2.42. The van der Waals surface area contributed by atoms with Gasteiger partial charge in [0, 0.05) is 38.4 Å². The average molecular weight is 238 g/mol. The van der Waals surface area contributed by atoms with Crippen LogP contribution in [-0.2, 0) is 11.8 Å². The summed E-state index contributed by atoms with van der Waals surface area (Å²) in [7, 11) is 3.55. The molecule has 1 aromatic rings. The topological polar surface area (TPSA) is 59.0 Å². The van der Waals surface area contributed by atoms with Crippen molar-refractivity contribution in [2.45, 2.75) is 26.8 Å². The number of rotatable bonds is 5. The third kappa shape index (κ3) is 3.56. The number of nitrogens with zero attached hydrogens (tertiary/aromatic N) is 2. The van der Waals surface area contributed by atoms with E-state index in [-0.39, 0.29) is 11.9 Å². The molecule has 17 heavy (non-hydrogen) atoms. The molecule has 1 atom stereocenters. The molecule has 0 unspecified atom stereocenters. The molecule has 1 heterocycles. The third-order valence-corrected chi connectivity index (χ3v) is 2.92. The van der Waals surface area contributed by atoms with E-state index in [1.54, 1.807) is 11.7 Å². The SMILES string of the molecule is CNC(=O)C(C)(C)CN[C@@H](C)c1cnn(C)c1. The number of nitrogens with one attached hydrogen (secondary N) is 2. The number of aromatic nitrogens is 2. The highest BCUT2D eigenvalue weighted by Crippen LogP contribution is 2.17. The standard InChI is InChI=1S/C12H22N4O/c1-9(10-6-15-16(5)7-10)14-8-12(2,3)11(17)13-4/h6-7,9,14H,8H2,1-5H3,(H,13,17)/t9-/m0/s1. The minimum atomic E-state index is -0.411. The zero-order chi connectivity index (χ0) is 13.1. The second-order valence-corrected chi connectivity index (χ2v) is 5.01. The highest BCUT2D eigenvalue weighted by atomic mass is 16.2. The van der Waals surface area contributed by atoms with Crippen molar-refractivity contribution in [1.29, 1.82) is 0 Å². The Morgan fingerprint density at radius 3 is 2.71 bits per heavy atom. The van der Waals surface area contributed by atoms with Gasteiger partial charge in [-0.25, -0.2) is 0 Å². The highest BCUT2D eigenvalue weighted by molar-refractivity contribution is 5.81. The summed E-state index contributed by atoms with van der Waals surface area (Å²) < 4.78 is 1.78. The molecule has 1 rings (SSSR count). The summed E-state index contributed by atoms with van der Waals surface area (Å²) in [5.74, 6) is 0.0448. The summed E-state index contributed by atoms with van der Waals surface area (Å²) in [5.41, 5.74) is 0.714. The molecule has 0 radical (unpaired) electrons. The molecule has 5 nitrogen and oxygen atoms in total. The van der Waals surface area contributed by atoms with Gasteiger partial charge < -0.3 is 10.6 Å². The van der Waals surface area contributed by atoms with Gasteiger partial charge in [0.2, 0.25) is 5.91 Å². The lowest BCUT2D eigenvalue weighted by Gasteiger charge is -2.25. The molecule has 2 N–H and O–H groups in total. The minimum Gasteiger partial charge on any atom is -0.359 e. The van der Waals surface area contributed by atoms with Crippen molar-refractivity contribution in [3.63, 3.8) is 0 Å². The molecule has 1 aromatic heterocycles. The maximum absolute atomic E-state index is 11.6. The maximum Gasteiger partial charge on any atom is 0.226 e. The van der Waals surface area contributed by atoms with Gasteiger partial charge in [0.1, 0.15) is 0 Å². The molecule has 1 amide bonds. The van der Waals surface area contributed by atoms with Crippen LogP contribution in [-0.4, -0.2) is 29.3 Å². The molecule has 0 saturated carbocycles. The van der Waals surface area contributed by atoms with E-state index in [0.29, 0.717) is 6.54 Å². The molecule has 96 valence electrons. The molecule has 0 aromatic carbocycles. The van der Waals surface area contributed by atoms with Gasteiger partial charge in [-0.1, -0.05) is 0 Å². The van der Waals surface area contributed by atoms with E-state index in [9.17, 15) is 4.79 Å². The molecule has 0 saturated heterocycles. The first kappa shape index (κ1) is 13.7. The molecule has 0 aliphatic carbocycles. The molecule has 0 aliphatic heterocycles. The first-order chi connectivity index (χ1) is 7.86. The molecule has 0 spiro atoms. The van der Waals surface area contributed by atoms with Crippen LogP contribution in [0.4, 0.5) is 0 Å². The van der Waals surface area contributed by atoms with E-state index in [1.165, 1.54) is 0 Å². The van der Waals surface area contributed by atoms with Crippen molar-refractivity contribution in [3.8, 4) is 0 Å². The first-order valence-electron chi connectivity index (χ1n) is 5.81. The molecular formula is C12H22N4O. The normalized spacial score (nSPS) is 13.5. The van der Waals surface area contributed by atoms with E-state index in [1.807, 2.05) is 33.3 Å². The number of hydrogen-bond donors (Lipinski definition) is 2. The van der Waals surface area contributed by atoms with Crippen molar-refractivity contribution >= 4 is 5.91 Å². The minimum absolute atomic E-state index is 0.0448. The Kier molecular flexibility index (Phi) is 4.28. The highest BCUT2D eigenvalue weighted by Gasteiger charge is 2.26. The molecule has 5 heteroatoms. The summed E-state index contributed by atoms with van der Waals surface area (Å²) in [6.45, 7) is 6.54. The summed E-state index contributed by atoms with van der Waals surface area (Å²) in [6, 6.07) is 0.188. The van der Waals surface area contributed by atoms with Gasteiger partial charge >= 0.3 is 0 Å². The quantitative estimate of drug-likeness (QED) is 0.799. The van der Waals surface area contributed by atoms with Crippen LogP contribution in [0.15, 0.2) is 12.4 Å². The summed E-state index contributed by atoms with van der Waals surface area (Å²) in [4.78, 5) is 11.6. The van der Waals surface area contributed by atoms with Crippen LogP contribution in [0.25, 0.3) is 0 Å². The third-order valence-electron chi connectivity index (χ3n) is 2.92. The lowest BCUT2D eigenvalue weighted by molar-refractivity contribution is -0.128. The van der Waals surface area contributed by atoms with Crippen molar-refractivity contribution in [2.75, 3.05) is 13.6 Å². The van der Waals surface area contributed by atoms with E-state index in [4.69, 9.17) is 0 Å². The largest absolute Gasteiger partial charge is 0.359 e. The summed E-state index contributed by atoms with van der Waals surface area (Å²) >= 11 is 0. The zero-order valence-corrected chi connectivity index (χ0v) is 11.2. The molecular weight excluding hydrogens is 216 g/mol. The predicted octanol–water partition coefficient (Wildman–Crippen LogP) is 0.843. The second-order valence-electron chi connectivity index (χ2n) is 5.01. The van der Waals surface area contributed by atoms with Crippen LogP contribution >= 0.6 is 0 Å². The van der Waals surface area contributed by atoms with Crippen LogP contribution in [0.2, 0.25) is 0 Å². The zero-order valence-electron chi connectivity index (χ0n) is 11.2. The van der Waals surface area contributed by atoms with E-state index in [2.05, 4.69) is 22.7 Å². The predicted molar refractivity (Wildman–Crippen MR) is 67.5 cm³/mol. The lowest BCUT2D eigenvalue weighted by atomic mass is 9.92. The Hall–Kier alpha value is -1.36. The Morgan fingerprint density at radius 2 is 2.24 bits per heavy atom. The molecule has 0 aliphatic rings.